The van der Waals surface area contributed by atoms with Crippen LogP contribution in [0.2, 0.25) is 0 Å². The van der Waals surface area contributed by atoms with Crippen molar-refractivity contribution in [3.63, 3.8) is 0 Å². The van der Waals surface area contributed by atoms with Crippen molar-refractivity contribution in [2.24, 2.45) is 0 Å². The van der Waals surface area contributed by atoms with Gasteiger partial charge in [-0.3, -0.25) is 0 Å². The summed E-state index contributed by atoms with van der Waals surface area (Å²) < 4.78 is 0. The Morgan fingerprint density at radius 3 is 2.56 bits per heavy atom. The molecule has 2 rings (SSSR count). The molecule has 0 fully saturated rings. The van der Waals surface area contributed by atoms with Gasteiger partial charge in [-0.25, -0.2) is 9.97 Å². The molecule has 0 saturated carbocycles. The zero-order valence-corrected chi connectivity index (χ0v) is 9.67. The van der Waals surface area contributed by atoms with Crippen molar-refractivity contribution in [1.29, 1.82) is 5.26 Å². The zero-order chi connectivity index (χ0) is 12.8. The van der Waals surface area contributed by atoms with Crippen LogP contribution < -0.4 is 5.32 Å². The lowest BCUT2D eigenvalue weighted by Crippen LogP contribution is -2.04. The summed E-state index contributed by atoms with van der Waals surface area (Å²) in [5.41, 5.74) is 2.27. The van der Waals surface area contributed by atoms with Crippen LogP contribution in [0, 0.1) is 11.3 Å². The largest absolute Gasteiger partial charge is 0.392 e. The predicted octanol–water partition coefficient (Wildman–Crippen LogP) is 1.45. The van der Waals surface area contributed by atoms with Crippen LogP contribution in [0.15, 0.2) is 36.5 Å². The minimum absolute atomic E-state index is 0.0427. The van der Waals surface area contributed by atoms with E-state index < -0.39 is 0 Å². The number of benzene rings is 1. The van der Waals surface area contributed by atoms with E-state index in [1.54, 1.807) is 12.3 Å². The fourth-order valence-electron chi connectivity index (χ4n) is 1.45. The van der Waals surface area contributed by atoms with E-state index in [-0.39, 0.29) is 6.61 Å². The van der Waals surface area contributed by atoms with E-state index in [2.05, 4.69) is 15.3 Å². The van der Waals surface area contributed by atoms with E-state index in [4.69, 9.17) is 10.4 Å². The second kappa shape index (κ2) is 5.75. The maximum absolute atomic E-state index is 8.93. The number of nitrogens with one attached hydrogen (secondary N) is 1. The lowest BCUT2D eigenvalue weighted by molar-refractivity contribution is 0.282. The number of aliphatic hydroxyl groups excluding tert-OH is 1. The highest BCUT2D eigenvalue weighted by Gasteiger charge is 1.99. The Labute approximate surface area is 105 Å². The molecule has 0 bridgehead atoms. The third-order valence-corrected chi connectivity index (χ3v) is 2.43. The molecule has 18 heavy (non-hydrogen) atoms. The van der Waals surface area contributed by atoms with Crippen LogP contribution in [0.1, 0.15) is 16.8 Å². The van der Waals surface area contributed by atoms with E-state index in [0.717, 1.165) is 11.1 Å². The maximum Gasteiger partial charge on any atom is 0.224 e. The van der Waals surface area contributed by atoms with Crippen molar-refractivity contribution in [2.75, 3.05) is 5.32 Å². The maximum atomic E-state index is 8.93. The molecule has 2 N–H and O–H groups in total. The Balaban J connectivity index is 2.00. The summed E-state index contributed by atoms with van der Waals surface area (Å²) >= 11 is 0. The number of aliphatic hydroxyl groups is 1. The number of anilines is 1. The minimum Gasteiger partial charge on any atom is -0.392 e. The van der Waals surface area contributed by atoms with Gasteiger partial charge in [0.25, 0.3) is 0 Å². The molecular weight excluding hydrogens is 228 g/mol. The molecule has 0 radical (unpaired) electrons. The lowest BCUT2D eigenvalue weighted by atomic mass is 10.1. The summed E-state index contributed by atoms with van der Waals surface area (Å²) in [6, 6.07) is 11.1. The first-order chi connectivity index (χ1) is 8.81. The molecule has 1 aromatic carbocycles. The van der Waals surface area contributed by atoms with Crippen LogP contribution in [-0.4, -0.2) is 15.1 Å². The van der Waals surface area contributed by atoms with Crippen LogP contribution >= 0.6 is 0 Å². The molecule has 0 saturated heterocycles. The number of hydrogen-bond acceptors (Lipinski definition) is 5. The second-order valence-electron chi connectivity index (χ2n) is 3.71. The highest BCUT2D eigenvalue weighted by atomic mass is 16.3. The van der Waals surface area contributed by atoms with Crippen molar-refractivity contribution in [3.05, 3.63) is 53.3 Å². The molecule has 0 unspecified atom stereocenters. The highest BCUT2D eigenvalue weighted by molar-refractivity contribution is 5.32. The minimum atomic E-state index is 0.0427. The molecule has 0 aliphatic heterocycles. The number of nitriles is 1. The van der Waals surface area contributed by atoms with Gasteiger partial charge >= 0.3 is 0 Å². The Morgan fingerprint density at radius 1 is 1.17 bits per heavy atom. The first-order valence-electron chi connectivity index (χ1n) is 5.47. The van der Waals surface area contributed by atoms with E-state index in [1.165, 1.54) is 0 Å². The van der Waals surface area contributed by atoms with Crippen molar-refractivity contribution in [2.45, 2.75) is 13.2 Å². The Kier molecular flexibility index (Phi) is 3.84. The molecule has 5 heteroatoms. The molecule has 0 amide bonds. The van der Waals surface area contributed by atoms with Crippen molar-refractivity contribution < 1.29 is 5.11 Å². The molecule has 5 nitrogen and oxygen atoms in total. The van der Waals surface area contributed by atoms with Crippen molar-refractivity contribution in [1.82, 2.24) is 9.97 Å². The first kappa shape index (κ1) is 12.0. The molecule has 90 valence electrons. The third-order valence-electron chi connectivity index (χ3n) is 2.43. The molecule has 0 aliphatic rings. The molecule has 0 atom stereocenters. The number of hydrogen-bond donors (Lipinski definition) is 2. The van der Waals surface area contributed by atoms with Gasteiger partial charge in [0, 0.05) is 12.7 Å². The summed E-state index contributed by atoms with van der Waals surface area (Å²) in [5.74, 6) is 0.431. The quantitative estimate of drug-likeness (QED) is 0.845. The van der Waals surface area contributed by atoms with Crippen LogP contribution in [0.5, 0.6) is 0 Å². The highest BCUT2D eigenvalue weighted by Crippen LogP contribution is 2.07. The zero-order valence-electron chi connectivity index (χ0n) is 9.67. The van der Waals surface area contributed by atoms with Crippen LogP contribution in [-0.2, 0) is 13.2 Å². The Hall–Kier alpha value is -2.45. The van der Waals surface area contributed by atoms with Gasteiger partial charge in [0.1, 0.15) is 11.8 Å². The standard InChI is InChI=1S/C13H12N4O/c14-7-12-5-6-15-13(17-12)16-8-10-1-3-11(9-18)4-2-10/h1-6,18H,8-9H2,(H,15,16,17). The summed E-state index contributed by atoms with van der Waals surface area (Å²) in [7, 11) is 0. The normalized spacial score (nSPS) is 9.78. The van der Waals surface area contributed by atoms with Gasteiger partial charge in [-0.1, -0.05) is 24.3 Å². The van der Waals surface area contributed by atoms with Gasteiger partial charge in [-0.15, -0.1) is 0 Å². The van der Waals surface area contributed by atoms with Crippen LogP contribution in [0.3, 0.4) is 0 Å². The fourth-order valence-corrected chi connectivity index (χ4v) is 1.45. The van der Waals surface area contributed by atoms with Gasteiger partial charge in [0.15, 0.2) is 0 Å². The summed E-state index contributed by atoms with van der Waals surface area (Å²) in [6.07, 6.45) is 1.54. The molecule has 1 aromatic heterocycles. The molecule has 0 spiro atoms. The Morgan fingerprint density at radius 2 is 1.89 bits per heavy atom. The van der Waals surface area contributed by atoms with E-state index in [9.17, 15) is 0 Å². The van der Waals surface area contributed by atoms with E-state index in [0.29, 0.717) is 18.2 Å². The SMILES string of the molecule is N#Cc1ccnc(NCc2ccc(CO)cc2)n1. The average Bonchev–Trinajstić information content (AvgIpc) is 2.46. The monoisotopic (exact) mass is 240 g/mol. The molecule has 1 heterocycles. The van der Waals surface area contributed by atoms with Gasteiger partial charge in [-0.2, -0.15) is 5.26 Å². The molecular formula is C13H12N4O. The summed E-state index contributed by atoms with van der Waals surface area (Å²) in [5, 5.41) is 20.7. The second-order valence-corrected chi connectivity index (χ2v) is 3.71. The fraction of sp³-hybridized carbons (Fsp3) is 0.154. The van der Waals surface area contributed by atoms with Gasteiger partial charge in [0.2, 0.25) is 5.95 Å². The Bertz CT molecular complexity index is 560. The summed E-state index contributed by atoms with van der Waals surface area (Å²) in [4.78, 5) is 8.04. The lowest BCUT2D eigenvalue weighted by Gasteiger charge is -2.05. The first-order valence-corrected chi connectivity index (χ1v) is 5.47. The van der Waals surface area contributed by atoms with Crippen LogP contribution in [0.4, 0.5) is 5.95 Å². The number of nitrogens with zero attached hydrogens (tertiary/aromatic N) is 3. The average molecular weight is 240 g/mol. The predicted molar refractivity (Wildman–Crippen MR) is 66.4 cm³/mol. The molecule has 2 aromatic rings. The van der Waals surface area contributed by atoms with Crippen molar-refractivity contribution in [3.8, 4) is 6.07 Å². The van der Waals surface area contributed by atoms with Gasteiger partial charge in [-0.05, 0) is 17.2 Å². The molecule has 0 aliphatic carbocycles. The number of rotatable bonds is 4. The van der Waals surface area contributed by atoms with Crippen molar-refractivity contribution >= 4 is 5.95 Å². The number of aromatic nitrogens is 2. The van der Waals surface area contributed by atoms with Crippen LogP contribution in [0.25, 0.3) is 0 Å². The topological polar surface area (TPSA) is 81.8 Å². The van der Waals surface area contributed by atoms with Gasteiger partial charge < -0.3 is 10.4 Å². The van der Waals surface area contributed by atoms with Gasteiger partial charge in [0.05, 0.1) is 6.61 Å². The summed E-state index contributed by atoms with van der Waals surface area (Å²) in [6.45, 7) is 0.613. The third kappa shape index (κ3) is 3.03. The smallest absolute Gasteiger partial charge is 0.224 e. The van der Waals surface area contributed by atoms with E-state index in [1.807, 2.05) is 30.3 Å². The van der Waals surface area contributed by atoms with E-state index >= 15 is 0 Å².